The van der Waals surface area contributed by atoms with Gasteiger partial charge in [0.25, 0.3) is 11.5 Å². The van der Waals surface area contributed by atoms with Gasteiger partial charge in [0.1, 0.15) is 5.65 Å². The molecule has 1 N–H and O–H groups in total. The highest BCUT2D eigenvalue weighted by molar-refractivity contribution is 6.30. The molecule has 0 atom stereocenters. The number of pyridine rings is 1. The van der Waals surface area contributed by atoms with Crippen molar-refractivity contribution in [1.82, 2.24) is 14.3 Å². The van der Waals surface area contributed by atoms with E-state index in [1.807, 2.05) is 30.0 Å². The summed E-state index contributed by atoms with van der Waals surface area (Å²) >= 11 is 5.94. The molecule has 1 aliphatic rings. The first-order valence-corrected chi connectivity index (χ1v) is 9.71. The maximum Gasteiger partial charge on any atom is 0.258 e. The lowest BCUT2D eigenvalue weighted by molar-refractivity contribution is 0.0793. The Bertz CT molecular complexity index is 1100. The first-order chi connectivity index (χ1) is 13.5. The van der Waals surface area contributed by atoms with E-state index in [4.69, 9.17) is 11.6 Å². The minimum atomic E-state index is -0.174. The summed E-state index contributed by atoms with van der Waals surface area (Å²) in [6.45, 7) is 4.06. The van der Waals surface area contributed by atoms with Crippen molar-refractivity contribution in [3.05, 3.63) is 74.8 Å². The van der Waals surface area contributed by atoms with Gasteiger partial charge in [0, 0.05) is 36.6 Å². The number of aryl methyl sites for hydroxylation is 1. The van der Waals surface area contributed by atoms with E-state index in [1.54, 1.807) is 18.3 Å². The number of rotatable bonds is 4. The van der Waals surface area contributed by atoms with Gasteiger partial charge in [-0.25, -0.2) is 4.98 Å². The standard InChI is InChI=1S/C21H21ClN4O2/c1-14-10-15(21(28)25-8-2-3-9-25)4-6-18(14)23-12-17-11-20(27)26-13-16(22)5-7-19(26)24-17/h4-7,10-11,13,23H,2-3,8-9,12H2,1H3. The van der Waals surface area contributed by atoms with Crippen LogP contribution < -0.4 is 10.9 Å². The van der Waals surface area contributed by atoms with Crippen LogP contribution in [0.4, 0.5) is 5.69 Å². The molecule has 0 radical (unpaired) electrons. The van der Waals surface area contributed by atoms with E-state index in [1.165, 1.54) is 10.5 Å². The number of anilines is 1. The average Bonchev–Trinajstić information content (AvgIpc) is 3.22. The fourth-order valence-corrected chi connectivity index (χ4v) is 3.66. The van der Waals surface area contributed by atoms with E-state index in [2.05, 4.69) is 10.3 Å². The molecule has 144 valence electrons. The number of aromatic nitrogens is 2. The number of hydrogen-bond donors (Lipinski definition) is 1. The highest BCUT2D eigenvalue weighted by Crippen LogP contribution is 2.20. The van der Waals surface area contributed by atoms with Crippen LogP contribution in [0.2, 0.25) is 5.02 Å². The number of halogens is 1. The Kier molecular flexibility index (Phi) is 5.05. The second kappa shape index (κ2) is 7.64. The lowest BCUT2D eigenvalue weighted by atomic mass is 10.1. The second-order valence-corrected chi connectivity index (χ2v) is 7.48. The normalized spacial score (nSPS) is 13.9. The van der Waals surface area contributed by atoms with Crippen LogP contribution in [-0.4, -0.2) is 33.3 Å². The van der Waals surface area contributed by atoms with Crippen LogP contribution >= 0.6 is 11.6 Å². The average molecular weight is 397 g/mol. The Hall–Kier alpha value is -2.86. The molecular formula is C21H21ClN4O2. The van der Waals surface area contributed by atoms with Gasteiger partial charge < -0.3 is 10.2 Å². The van der Waals surface area contributed by atoms with Crippen molar-refractivity contribution >= 4 is 28.8 Å². The molecule has 0 saturated carbocycles. The van der Waals surface area contributed by atoms with E-state index in [9.17, 15) is 9.59 Å². The third-order valence-corrected chi connectivity index (χ3v) is 5.23. The largest absolute Gasteiger partial charge is 0.379 e. The van der Waals surface area contributed by atoms with Crippen molar-refractivity contribution < 1.29 is 4.79 Å². The molecule has 0 bridgehead atoms. The monoisotopic (exact) mass is 396 g/mol. The number of carbonyl (C=O) groups excluding carboxylic acids is 1. The summed E-state index contributed by atoms with van der Waals surface area (Å²) in [6, 6.07) is 10.6. The smallest absolute Gasteiger partial charge is 0.258 e. The molecule has 0 aliphatic carbocycles. The Morgan fingerprint density at radius 1 is 1.18 bits per heavy atom. The maximum atomic E-state index is 12.5. The second-order valence-electron chi connectivity index (χ2n) is 7.04. The molecule has 1 saturated heterocycles. The number of nitrogens with one attached hydrogen (secondary N) is 1. The molecule has 6 nitrogen and oxygen atoms in total. The fourth-order valence-electron chi connectivity index (χ4n) is 3.50. The summed E-state index contributed by atoms with van der Waals surface area (Å²) in [5, 5.41) is 3.79. The minimum Gasteiger partial charge on any atom is -0.379 e. The van der Waals surface area contributed by atoms with E-state index in [0.29, 0.717) is 28.5 Å². The summed E-state index contributed by atoms with van der Waals surface area (Å²) in [5.41, 5.74) is 3.63. The number of fused-ring (bicyclic) bond motifs is 1. The third kappa shape index (κ3) is 3.73. The summed E-state index contributed by atoms with van der Waals surface area (Å²) in [7, 11) is 0. The van der Waals surface area contributed by atoms with Crippen LogP contribution in [0.1, 0.15) is 34.5 Å². The SMILES string of the molecule is Cc1cc(C(=O)N2CCCC2)ccc1NCc1cc(=O)n2cc(Cl)ccc2n1. The van der Waals surface area contributed by atoms with Crippen molar-refractivity contribution in [2.45, 2.75) is 26.3 Å². The Morgan fingerprint density at radius 3 is 2.71 bits per heavy atom. The summed E-state index contributed by atoms with van der Waals surface area (Å²) in [4.78, 5) is 31.2. The highest BCUT2D eigenvalue weighted by atomic mass is 35.5. The van der Waals surface area contributed by atoms with E-state index >= 15 is 0 Å². The molecule has 3 aromatic rings. The Labute approximate surface area is 167 Å². The van der Waals surface area contributed by atoms with E-state index in [0.717, 1.165) is 37.2 Å². The molecule has 0 spiro atoms. The molecule has 1 aromatic carbocycles. The quantitative estimate of drug-likeness (QED) is 0.732. The Balaban J connectivity index is 1.50. The lowest BCUT2D eigenvalue weighted by Gasteiger charge is -2.16. The zero-order valence-electron chi connectivity index (χ0n) is 15.6. The molecule has 1 amide bonds. The van der Waals surface area contributed by atoms with Crippen molar-refractivity contribution in [2.75, 3.05) is 18.4 Å². The number of nitrogens with zero attached hydrogens (tertiary/aromatic N) is 3. The van der Waals surface area contributed by atoms with Crippen LogP contribution in [0.3, 0.4) is 0 Å². The minimum absolute atomic E-state index is 0.0926. The predicted octanol–water partition coefficient (Wildman–Crippen LogP) is 3.50. The van der Waals surface area contributed by atoms with Crippen LogP contribution in [0.25, 0.3) is 5.65 Å². The zero-order valence-corrected chi connectivity index (χ0v) is 16.4. The highest BCUT2D eigenvalue weighted by Gasteiger charge is 2.19. The number of benzene rings is 1. The van der Waals surface area contributed by atoms with Crippen LogP contribution in [0.15, 0.2) is 47.4 Å². The molecule has 2 aromatic heterocycles. The van der Waals surface area contributed by atoms with Crippen LogP contribution in [0.5, 0.6) is 0 Å². The third-order valence-electron chi connectivity index (χ3n) is 5.00. The van der Waals surface area contributed by atoms with Crippen LogP contribution in [0, 0.1) is 6.92 Å². The summed E-state index contributed by atoms with van der Waals surface area (Å²) in [6.07, 6.45) is 3.72. The number of hydrogen-bond acceptors (Lipinski definition) is 4. The van der Waals surface area contributed by atoms with Gasteiger partial charge in [-0.05, 0) is 55.7 Å². The topological polar surface area (TPSA) is 66.7 Å². The van der Waals surface area contributed by atoms with Gasteiger partial charge in [0.2, 0.25) is 0 Å². The number of amides is 1. The fraction of sp³-hybridized carbons (Fsp3) is 0.286. The van der Waals surface area contributed by atoms with Gasteiger partial charge in [0.15, 0.2) is 0 Å². The predicted molar refractivity (Wildman–Crippen MR) is 110 cm³/mol. The van der Waals surface area contributed by atoms with Gasteiger partial charge in [-0.15, -0.1) is 0 Å². The van der Waals surface area contributed by atoms with Crippen molar-refractivity contribution in [3.63, 3.8) is 0 Å². The van der Waals surface area contributed by atoms with Gasteiger partial charge >= 0.3 is 0 Å². The van der Waals surface area contributed by atoms with Crippen molar-refractivity contribution in [1.29, 1.82) is 0 Å². The van der Waals surface area contributed by atoms with Gasteiger partial charge in [-0.3, -0.25) is 14.0 Å². The molecule has 0 unspecified atom stereocenters. The lowest BCUT2D eigenvalue weighted by Crippen LogP contribution is -2.27. The van der Waals surface area contributed by atoms with Crippen molar-refractivity contribution in [2.24, 2.45) is 0 Å². The van der Waals surface area contributed by atoms with E-state index < -0.39 is 0 Å². The summed E-state index contributed by atoms with van der Waals surface area (Å²) in [5.74, 6) is 0.0926. The molecule has 1 fully saturated rings. The number of likely N-dealkylation sites (tertiary alicyclic amines) is 1. The molecule has 4 rings (SSSR count). The molecule has 28 heavy (non-hydrogen) atoms. The first-order valence-electron chi connectivity index (χ1n) is 9.33. The molecule has 1 aliphatic heterocycles. The van der Waals surface area contributed by atoms with Crippen LogP contribution in [-0.2, 0) is 6.54 Å². The molecule has 7 heteroatoms. The van der Waals surface area contributed by atoms with E-state index in [-0.39, 0.29) is 11.5 Å². The Morgan fingerprint density at radius 2 is 1.96 bits per heavy atom. The van der Waals surface area contributed by atoms with Gasteiger partial charge in [-0.2, -0.15) is 0 Å². The molecule has 3 heterocycles. The van der Waals surface area contributed by atoms with Gasteiger partial charge in [0.05, 0.1) is 17.3 Å². The first kappa shape index (κ1) is 18.5. The van der Waals surface area contributed by atoms with Crippen molar-refractivity contribution in [3.8, 4) is 0 Å². The zero-order chi connectivity index (χ0) is 19.7. The number of carbonyl (C=O) groups is 1. The maximum absolute atomic E-state index is 12.5. The summed E-state index contributed by atoms with van der Waals surface area (Å²) < 4.78 is 1.43. The molecular weight excluding hydrogens is 376 g/mol. The van der Waals surface area contributed by atoms with Gasteiger partial charge in [-0.1, -0.05) is 11.6 Å².